The average Bonchev–Trinajstić information content (AvgIpc) is 3.10. The van der Waals surface area contributed by atoms with Gasteiger partial charge in [-0.1, -0.05) is 0 Å². The van der Waals surface area contributed by atoms with Crippen molar-refractivity contribution in [1.29, 1.82) is 5.26 Å². The fourth-order valence-electron chi connectivity index (χ4n) is 2.45. The van der Waals surface area contributed by atoms with Gasteiger partial charge in [-0.3, -0.25) is 9.36 Å². The van der Waals surface area contributed by atoms with Crippen molar-refractivity contribution in [2.45, 2.75) is 31.6 Å². The molecule has 0 spiro atoms. The highest BCUT2D eigenvalue weighted by Gasteiger charge is 2.43. The molecule has 1 fully saturated rings. The Bertz CT molecular complexity index is 767. The molecule has 3 heterocycles. The number of aromatic nitrogens is 4. The first-order chi connectivity index (χ1) is 10.5. The summed E-state index contributed by atoms with van der Waals surface area (Å²) in [4.78, 5) is 23.2. The van der Waals surface area contributed by atoms with Crippen molar-refractivity contribution < 1.29 is 14.3 Å². The monoisotopic (exact) mass is 302 g/mol. The van der Waals surface area contributed by atoms with Crippen LogP contribution in [0.3, 0.4) is 0 Å². The molecule has 0 saturated carbocycles. The molecule has 9 nitrogen and oxygen atoms in total. The molecule has 0 radical (unpaired) electrons. The Morgan fingerprint density at radius 3 is 3.18 bits per heavy atom. The van der Waals surface area contributed by atoms with Crippen molar-refractivity contribution in [1.82, 2.24) is 19.5 Å². The number of nitrogens with zero attached hydrogens (tertiary/aromatic N) is 5. The number of carbonyl (C=O) groups excluding carboxylic acids is 1. The summed E-state index contributed by atoms with van der Waals surface area (Å²) < 4.78 is 12.5. The van der Waals surface area contributed by atoms with Crippen LogP contribution < -0.4 is 5.73 Å². The minimum absolute atomic E-state index is 0.0981. The second kappa shape index (κ2) is 5.23. The van der Waals surface area contributed by atoms with Gasteiger partial charge < -0.3 is 15.2 Å². The van der Waals surface area contributed by atoms with Gasteiger partial charge in [0.1, 0.15) is 30.7 Å². The highest BCUT2D eigenvalue weighted by molar-refractivity contribution is 5.81. The number of ether oxygens (including phenoxy) is 2. The highest BCUT2D eigenvalue weighted by Crippen LogP contribution is 2.37. The van der Waals surface area contributed by atoms with Crippen molar-refractivity contribution in [2.24, 2.45) is 0 Å². The molecule has 22 heavy (non-hydrogen) atoms. The summed E-state index contributed by atoms with van der Waals surface area (Å²) in [5, 5.41) is 9.37. The van der Waals surface area contributed by atoms with Crippen LogP contribution in [0.25, 0.3) is 11.2 Å². The Morgan fingerprint density at radius 2 is 2.45 bits per heavy atom. The first-order valence-electron chi connectivity index (χ1n) is 6.70. The number of nitriles is 1. The van der Waals surface area contributed by atoms with Crippen LogP contribution in [0.15, 0.2) is 12.7 Å². The quantitative estimate of drug-likeness (QED) is 0.813. The fourth-order valence-corrected chi connectivity index (χ4v) is 2.45. The lowest BCUT2D eigenvalue weighted by Crippen LogP contribution is -2.33. The molecule has 0 bridgehead atoms. The van der Waals surface area contributed by atoms with E-state index in [1.807, 2.05) is 0 Å². The van der Waals surface area contributed by atoms with Gasteiger partial charge in [-0.25, -0.2) is 15.0 Å². The van der Waals surface area contributed by atoms with E-state index in [-0.39, 0.29) is 12.4 Å². The smallest absolute Gasteiger partial charge is 0.302 e. The third-order valence-electron chi connectivity index (χ3n) is 3.57. The summed E-state index contributed by atoms with van der Waals surface area (Å²) in [6.45, 7) is 1.19. The SMILES string of the molecule is CC(=O)OC[C@@]1(C#N)CC[C@H](n2cnc3c(N)ncnc32)O1. The van der Waals surface area contributed by atoms with Crippen LogP contribution >= 0.6 is 0 Å². The maximum atomic E-state index is 10.9. The molecule has 2 atom stereocenters. The topological polar surface area (TPSA) is 129 Å². The van der Waals surface area contributed by atoms with Crippen LogP contribution in [0.5, 0.6) is 0 Å². The molecule has 9 heteroatoms. The molecule has 2 aromatic rings. The molecule has 2 aromatic heterocycles. The summed E-state index contributed by atoms with van der Waals surface area (Å²) in [5.74, 6) is -0.163. The van der Waals surface area contributed by atoms with Gasteiger partial charge in [0.15, 0.2) is 17.1 Å². The molecule has 1 aliphatic heterocycles. The third kappa shape index (κ3) is 2.33. The summed E-state index contributed by atoms with van der Waals surface area (Å²) in [6, 6.07) is 2.09. The standard InChI is InChI=1S/C13H14N6O3/c1-8(20)21-5-13(4-14)3-2-9(22-13)19-7-18-10-11(15)16-6-17-12(10)19/h6-7,9H,2-3,5H2,1H3,(H2,15,16,17)/t9-,13+/m1/s1. The van der Waals surface area contributed by atoms with Gasteiger partial charge in [0, 0.05) is 6.92 Å². The van der Waals surface area contributed by atoms with Crippen LogP contribution in [0, 0.1) is 11.3 Å². The number of anilines is 1. The average molecular weight is 302 g/mol. The highest BCUT2D eigenvalue weighted by atomic mass is 16.6. The van der Waals surface area contributed by atoms with Crippen molar-refractivity contribution in [2.75, 3.05) is 12.3 Å². The van der Waals surface area contributed by atoms with Crippen LogP contribution in [-0.4, -0.2) is 37.7 Å². The van der Waals surface area contributed by atoms with Crippen LogP contribution in [-0.2, 0) is 14.3 Å². The third-order valence-corrected chi connectivity index (χ3v) is 3.57. The zero-order chi connectivity index (χ0) is 15.7. The van der Waals surface area contributed by atoms with Gasteiger partial charge >= 0.3 is 5.97 Å². The van der Waals surface area contributed by atoms with Crippen molar-refractivity contribution in [3.8, 4) is 6.07 Å². The summed E-state index contributed by atoms with van der Waals surface area (Å²) in [7, 11) is 0. The molecular weight excluding hydrogens is 288 g/mol. The van der Waals surface area contributed by atoms with E-state index in [0.29, 0.717) is 24.0 Å². The zero-order valence-corrected chi connectivity index (χ0v) is 11.9. The van der Waals surface area contributed by atoms with E-state index in [1.54, 1.807) is 10.9 Å². The Morgan fingerprint density at radius 1 is 1.64 bits per heavy atom. The van der Waals surface area contributed by atoms with Gasteiger partial charge in [0.05, 0.1) is 6.33 Å². The predicted molar refractivity (Wildman–Crippen MR) is 74.1 cm³/mol. The number of esters is 1. The fraction of sp³-hybridized carbons (Fsp3) is 0.462. The molecule has 1 saturated heterocycles. The number of rotatable bonds is 3. The Balaban J connectivity index is 1.86. The van der Waals surface area contributed by atoms with E-state index < -0.39 is 17.8 Å². The Kier molecular flexibility index (Phi) is 3.38. The molecular formula is C13H14N6O3. The van der Waals surface area contributed by atoms with E-state index in [4.69, 9.17) is 15.2 Å². The van der Waals surface area contributed by atoms with Crippen molar-refractivity contribution >= 4 is 23.0 Å². The number of hydrogen-bond acceptors (Lipinski definition) is 8. The van der Waals surface area contributed by atoms with Crippen molar-refractivity contribution in [3.05, 3.63) is 12.7 Å². The van der Waals surface area contributed by atoms with Crippen LogP contribution in [0.4, 0.5) is 5.82 Å². The lowest BCUT2D eigenvalue weighted by atomic mass is 10.0. The molecule has 1 aliphatic rings. The second-order valence-corrected chi connectivity index (χ2v) is 5.08. The van der Waals surface area contributed by atoms with Crippen LogP contribution in [0.2, 0.25) is 0 Å². The minimum Gasteiger partial charge on any atom is -0.462 e. The molecule has 2 N–H and O–H groups in total. The molecule has 0 unspecified atom stereocenters. The predicted octanol–water partition coefficient (Wildman–Crippen LogP) is 0.543. The molecule has 0 amide bonds. The van der Waals surface area contributed by atoms with Gasteiger partial charge in [-0.15, -0.1) is 0 Å². The molecule has 0 aromatic carbocycles. The van der Waals surface area contributed by atoms with Crippen LogP contribution in [0.1, 0.15) is 26.0 Å². The number of nitrogen functional groups attached to an aromatic ring is 1. The number of imidazole rings is 1. The van der Waals surface area contributed by atoms with Gasteiger partial charge in [-0.05, 0) is 12.8 Å². The van der Waals surface area contributed by atoms with Gasteiger partial charge in [0.2, 0.25) is 0 Å². The van der Waals surface area contributed by atoms with E-state index in [2.05, 4.69) is 21.0 Å². The second-order valence-electron chi connectivity index (χ2n) is 5.08. The van der Waals surface area contributed by atoms with Crippen molar-refractivity contribution in [3.63, 3.8) is 0 Å². The first-order valence-corrected chi connectivity index (χ1v) is 6.70. The Hall–Kier alpha value is -2.73. The number of carbonyl (C=O) groups is 1. The molecule has 0 aliphatic carbocycles. The number of nitrogens with two attached hydrogens (primary N) is 1. The number of hydrogen-bond donors (Lipinski definition) is 1. The molecule has 114 valence electrons. The summed E-state index contributed by atoms with van der Waals surface area (Å²) >= 11 is 0. The zero-order valence-electron chi connectivity index (χ0n) is 11.9. The first kappa shape index (κ1) is 14.2. The van der Waals surface area contributed by atoms with E-state index in [1.165, 1.54) is 13.3 Å². The molecule has 3 rings (SSSR count). The van der Waals surface area contributed by atoms with Gasteiger partial charge in [0.25, 0.3) is 0 Å². The maximum Gasteiger partial charge on any atom is 0.302 e. The van der Waals surface area contributed by atoms with E-state index in [9.17, 15) is 10.1 Å². The largest absolute Gasteiger partial charge is 0.462 e. The lowest BCUT2D eigenvalue weighted by molar-refractivity contribution is -0.149. The normalized spacial score (nSPS) is 24.3. The minimum atomic E-state index is -1.15. The summed E-state index contributed by atoms with van der Waals surface area (Å²) in [5.41, 5.74) is 5.63. The summed E-state index contributed by atoms with van der Waals surface area (Å²) in [6.07, 6.45) is 3.50. The van der Waals surface area contributed by atoms with E-state index >= 15 is 0 Å². The number of fused-ring (bicyclic) bond motifs is 1. The maximum absolute atomic E-state index is 10.9. The Labute approximate surface area is 125 Å². The lowest BCUT2D eigenvalue weighted by Gasteiger charge is -2.21. The van der Waals surface area contributed by atoms with Gasteiger partial charge in [-0.2, -0.15) is 5.26 Å². The van der Waals surface area contributed by atoms with E-state index in [0.717, 1.165) is 0 Å².